The van der Waals surface area contributed by atoms with Crippen LogP contribution >= 0.6 is 0 Å². The molecule has 11 heavy (non-hydrogen) atoms. The molecule has 0 aliphatic heterocycles. The van der Waals surface area contributed by atoms with Gasteiger partial charge in [-0.1, -0.05) is 0 Å². The van der Waals surface area contributed by atoms with Crippen molar-refractivity contribution in [2.45, 2.75) is 13.3 Å². The Labute approximate surface area is 63.7 Å². The first kappa shape index (κ1) is 9.61. The lowest BCUT2D eigenvalue weighted by Crippen LogP contribution is -2.32. The van der Waals surface area contributed by atoms with Crippen molar-refractivity contribution in [3.8, 4) is 0 Å². The molecule has 0 saturated heterocycles. The summed E-state index contributed by atoms with van der Waals surface area (Å²) in [6, 6.07) is 0. The minimum Gasteiger partial charge on any atom is -0.370 e. The largest absolute Gasteiger partial charge is 0.370 e. The zero-order valence-electron chi connectivity index (χ0n) is 6.16. The van der Waals surface area contributed by atoms with Crippen LogP contribution in [0.15, 0.2) is 0 Å². The van der Waals surface area contributed by atoms with E-state index in [1.807, 2.05) is 0 Å². The molecule has 0 aromatic carbocycles. The maximum Gasteiger partial charge on any atom is 0.228 e. The van der Waals surface area contributed by atoms with Crippen molar-refractivity contribution in [1.29, 1.82) is 0 Å². The molecule has 1 atom stereocenters. The third-order valence-electron chi connectivity index (χ3n) is 1.24. The van der Waals surface area contributed by atoms with Crippen LogP contribution < -0.4 is 11.5 Å². The molecule has 0 aromatic rings. The summed E-state index contributed by atoms with van der Waals surface area (Å²) >= 11 is 0. The Balaban J connectivity index is 4.23. The Morgan fingerprint density at radius 3 is 1.82 bits per heavy atom. The summed E-state index contributed by atoms with van der Waals surface area (Å²) in [7, 11) is 0. The number of hydrogen-bond acceptors (Lipinski definition) is 3. The summed E-state index contributed by atoms with van der Waals surface area (Å²) in [4.78, 5) is 31.4. The molecule has 62 valence electrons. The summed E-state index contributed by atoms with van der Waals surface area (Å²) in [5.74, 6) is -3.01. The predicted octanol–water partition coefficient (Wildman–Crippen LogP) is -1.45. The van der Waals surface area contributed by atoms with Gasteiger partial charge in [0.25, 0.3) is 0 Å². The van der Waals surface area contributed by atoms with Crippen LogP contribution in [0.5, 0.6) is 0 Å². The van der Waals surface area contributed by atoms with Crippen molar-refractivity contribution < 1.29 is 14.4 Å². The smallest absolute Gasteiger partial charge is 0.228 e. The molecular weight excluding hydrogens is 148 g/mol. The average molecular weight is 158 g/mol. The molecule has 0 aromatic heterocycles. The maximum atomic E-state index is 10.6. The minimum atomic E-state index is -1.06. The van der Waals surface area contributed by atoms with Crippen molar-refractivity contribution in [1.82, 2.24) is 0 Å². The lowest BCUT2D eigenvalue weighted by Gasteiger charge is -2.05. The van der Waals surface area contributed by atoms with E-state index >= 15 is 0 Å². The van der Waals surface area contributed by atoms with Crippen LogP contribution in [0.2, 0.25) is 0 Å². The van der Waals surface area contributed by atoms with Crippen LogP contribution in [0.1, 0.15) is 13.3 Å². The van der Waals surface area contributed by atoms with Gasteiger partial charge in [-0.25, -0.2) is 0 Å². The molecule has 1 unspecified atom stereocenters. The molecule has 2 amide bonds. The third-order valence-corrected chi connectivity index (χ3v) is 1.24. The monoisotopic (exact) mass is 158 g/mol. The van der Waals surface area contributed by atoms with E-state index in [0.29, 0.717) is 0 Å². The number of rotatable bonds is 4. The van der Waals surface area contributed by atoms with Gasteiger partial charge in [0.05, 0.1) is 0 Å². The second-order valence-corrected chi connectivity index (χ2v) is 2.24. The van der Waals surface area contributed by atoms with E-state index in [-0.39, 0.29) is 6.42 Å². The quantitative estimate of drug-likeness (QED) is 0.489. The highest BCUT2D eigenvalue weighted by Gasteiger charge is 2.22. The van der Waals surface area contributed by atoms with E-state index in [0.717, 1.165) is 0 Å². The Hall–Kier alpha value is -1.39. The molecule has 4 N–H and O–H groups in total. The zero-order chi connectivity index (χ0) is 9.02. The van der Waals surface area contributed by atoms with Gasteiger partial charge in [-0.05, 0) is 6.92 Å². The molecule has 0 aliphatic rings. The fraction of sp³-hybridized carbons (Fsp3) is 0.500. The number of primary amides is 2. The van der Waals surface area contributed by atoms with E-state index < -0.39 is 23.5 Å². The maximum absolute atomic E-state index is 10.6. The summed E-state index contributed by atoms with van der Waals surface area (Å²) in [5, 5.41) is 0. The first-order valence-corrected chi connectivity index (χ1v) is 3.03. The van der Waals surface area contributed by atoms with Gasteiger partial charge in [0.1, 0.15) is 11.7 Å². The first-order valence-electron chi connectivity index (χ1n) is 3.03. The number of ketones is 1. The van der Waals surface area contributed by atoms with Crippen molar-refractivity contribution in [2.75, 3.05) is 0 Å². The minimum absolute atomic E-state index is 0.301. The highest BCUT2D eigenvalue weighted by atomic mass is 16.2. The predicted molar refractivity (Wildman–Crippen MR) is 37.2 cm³/mol. The van der Waals surface area contributed by atoms with Crippen LogP contribution in [-0.4, -0.2) is 17.6 Å². The van der Waals surface area contributed by atoms with Crippen molar-refractivity contribution in [2.24, 2.45) is 17.4 Å². The third kappa shape index (κ3) is 3.34. The second kappa shape index (κ2) is 3.70. The van der Waals surface area contributed by atoms with Gasteiger partial charge in [0.2, 0.25) is 11.8 Å². The lowest BCUT2D eigenvalue weighted by atomic mass is 10.0. The van der Waals surface area contributed by atoms with E-state index in [4.69, 9.17) is 11.5 Å². The van der Waals surface area contributed by atoms with Crippen LogP contribution in [-0.2, 0) is 14.4 Å². The van der Waals surface area contributed by atoms with E-state index in [9.17, 15) is 14.4 Å². The van der Waals surface area contributed by atoms with Gasteiger partial charge >= 0.3 is 0 Å². The number of amides is 2. The zero-order valence-corrected chi connectivity index (χ0v) is 6.16. The van der Waals surface area contributed by atoms with E-state index in [1.165, 1.54) is 6.92 Å². The Bertz CT molecular complexity index is 186. The normalized spacial score (nSPS) is 12.1. The standard InChI is InChI=1S/C6H10N2O3/c1-3(9)4(6(8)11)2-5(7)10/h4H,2H2,1H3,(H2,7,10)(H2,8,11). The van der Waals surface area contributed by atoms with Gasteiger partial charge in [0.15, 0.2) is 0 Å². The Kier molecular flexibility index (Phi) is 3.23. The average Bonchev–Trinajstić information content (AvgIpc) is 1.81. The molecular formula is C6H10N2O3. The van der Waals surface area contributed by atoms with Gasteiger partial charge in [-0.3, -0.25) is 14.4 Å². The summed E-state index contributed by atoms with van der Waals surface area (Å²) in [5.41, 5.74) is 9.59. The molecule has 0 radical (unpaired) electrons. The fourth-order valence-electron chi connectivity index (χ4n) is 0.646. The molecule has 5 nitrogen and oxygen atoms in total. The second-order valence-electron chi connectivity index (χ2n) is 2.24. The molecule has 0 heterocycles. The van der Waals surface area contributed by atoms with Crippen LogP contribution in [0.4, 0.5) is 0 Å². The van der Waals surface area contributed by atoms with Crippen molar-refractivity contribution in [3.63, 3.8) is 0 Å². The fourth-order valence-corrected chi connectivity index (χ4v) is 0.646. The van der Waals surface area contributed by atoms with E-state index in [1.54, 1.807) is 0 Å². The molecule has 5 heteroatoms. The number of carbonyl (C=O) groups is 3. The lowest BCUT2D eigenvalue weighted by molar-refractivity contribution is -0.134. The molecule has 0 rings (SSSR count). The van der Waals surface area contributed by atoms with Gasteiger partial charge in [-0.2, -0.15) is 0 Å². The van der Waals surface area contributed by atoms with Gasteiger partial charge in [-0.15, -0.1) is 0 Å². The number of Topliss-reactive ketones (excluding diaryl/α,β-unsaturated/α-hetero) is 1. The molecule has 0 aliphatic carbocycles. The van der Waals surface area contributed by atoms with E-state index in [2.05, 4.69) is 0 Å². The SMILES string of the molecule is CC(=O)C(CC(N)=O)C(N)=O. The highest BCUT2D eigenvalue weighted by Crippen LogP contribution is 2.02. The molecule has 0 fully saturated rings. The molecule has 0 spiro atoms. The highest BCUT2D eigenvalue weighted by molar-refractivity contribution is 6.02. The van der Waals surface area contributed by atoms with Crippen LogP contribution in [0, 0.1) is 5.92 Å². The summed E-state index contributed by atoms with van der Waals surface area (Å²) in [6.07, 6.45) is -0.301. The first-order chi connectivity index (χ1) is 4.95. The molecule has 0 saturated carbocycles. The van der Waals surface area contributed by atoms with Crippen molar-refractivity contribution >= 4 is 17.6 Å². The van der Waals surface area contributed by atoms with Crippen LogP contribution in [0.3, 0.4) is 0 Å². The summed E-state index contributed by atoms with van der Waals surface area (Å²) in [6.45, 7) is 1.19. The number of nitrogens with two attached hydrogens (primary N) is 2. The van der Waals surface area contributed by atoms with Crippen LogP contribution in [0.25, 0.3) is 0 Å². The number of hydrogen-bond donors (Lipinski definition) is 2. The Morgan fingerprint density at radius 1 is 1.27 bits per heavy atom. The summed E-state index contributed by atoms with van der Waals surface area (Å²) < 4.78 is 0. The number of carbonyl (C=O) groups excluding carboxylic acids is 3. The topological polar surface area (TPSA) is 103 Å². The van der Waals surface area contributed by atoms with Gasteiger partial charge < -0.3 is 11.5 Å². The van der Waals surface area contributed by atoms with Crippen molar-refractivity contribution in [3.05, 3.63) is 0 Å². The Morgan fingerprint density at radius 2 is 1.73 bits per heavy atom. The van der Waals surface area contributed by atoms with Gasteiger partial charge in [0, 0.05) is 6.42 Å². The molecule has 0 bridgehead atoms.